The molecule has 0 aromatic carbocycles. The fourth-order valence-corrected chi connectivity index (χ4v) is 0.568. The maximum atomic E-state index is 10.1. The van der Waals surface area contributed by atoms with E-state index in [-0.39, 0.29) is 0 Å². The first-order valence-corrected chi connectivity index (χ1v) is 3.25. The van der Waals surface area contributed by atoms with Crippen molar-refractivity contribution in [3.63, 3.8) is 0 Å². The number of rotatable bonds is 3. The van der Waals surface area contributed by atoms with Gasteiger partial charge in [-0.2, -0.15) is 5.10 Å². The third-order valence-electron chi connectivity index (χ3n) is 0.969. The summed E-state index contributed by atoms with van der Waals surface area (Å²) in [6.07, 6.45) is 1.91. The van der Waals surface area contributed by atoms with E-state index in [0.29, 0.717) is 0 Å². The molecule has 0 aromatic rings. The molecule has 2 amide bonds. The van der Waals surface area contributed by atoms with Crippen molar-refractivity contribution in [3.8, 4) is 0 Å². The highest BCUT2D eigenvalue weighted by Crippen LogP contribution is 1.88. The van der Waals surface area contributed by atoms with Crippen LogP contribution in [0.15, 0.2) is 5.10 Å². The molecule has 0 saturated carbocycles. The van der Waals surface area contributed by atoms with Crippen molar-refractivity contribution in [2.75, 3.05) is 0 Å². The second-order valence-electron chi connectivity index (χ2n) is 2.07. The van der Waals surface area contributed by atoms with Crippen LogP contribution >= 0.6 is 0 Å². The second kappa shape index (κ2) is 4.78. The number of carbonyl (C=O) groups is 1. The quantitative estimate of drug-likeness (QED) is 0.446. The van der Waals surface area contributed by atoms with E-state index in [9.17, 15) is 4.79 Å². The first-order valence-electron chi connectivity index (χ1n) is 3.25. The topological polar surface area (TPSA) is 67.5 Å². The van der Waals surface area contributed by atoms with Gasteiger partial charge in [0.2, 0.25) is 0 Å². The van der Waals surface area contributed by atoms with Crippen LogP contribution in [0, 0.1) is 0 Å². The van der Waals surface area contributed by atoms with Crippen molar-refractivity contribution in [2.24, 2.45) is 10.8 Å². The second-order valence-corrected chi connectivity index (χ2v) is 2.07. The Labute approximate surface area is 60.5 Å². The van der Waals surface area contributed by atoms with Crippen molar-refractivity contribution in [1.29, 1.82) is 0 Å². The van der Waals surface area contributed by atoms with E-state index in [1.54, 1.807) is 0 Å². The highest BCUT2D eigenvalue weighted by Gasteiger charge is 1.89. The number of primary amides is 1. The Morgan fingerprint density at radius 3 is 2.70 bits per heavy atom. The molecule has 0 fully saturated rings. The van der Waals surface area contributed by atoms with E-state index < -0.39 is 6.03 Å². The van der Waals surface area contributed by atoms with Gasteiger partial charge in [0, 0.05) is 5.71 Å². The average Bonchev–Trinajstić information content (AvgIpc) is 1.85. The summed E-state index contributed by atoms with van der Waals surface area (Å²) < 4.78 is 0. The van der Waals surface area contributed by atoms with Crippen LogP contribution in [0.5, 0.6) is 0 Å². The van der Waals surface area contributed by atoms with Gasteiger partial charge in [-0.05, 0) is 13.3 Å². The van der Waals surface area contributed by atoms with Gasteiger partial charge in [0.25, 0.3) is 0 Å². The Hall–Kier alpha value is -1.06. The number of hydrazone groups is 1. The predicted molar refractivity (Wildman–Crippen MR) is 40.7 cm³/mol. The summed E-state index contributed by atoms with van der Waals surface area (Å²) in [6.45, 7) is 3.89. The van der Waals surface area contributed by atoms with Gasteiger partial charge in [-0.15, -0.1) is 0 Å². The average molecular weight is 143 g/mol. The third-order valence-corrected chi connectivity index (χ3v) is 0.969. The Morgan fingerprint density at radius 1 is 1.70 bits per heavy atom. The normalized spacial score (nSPS) is 11.2. The largest absolute Gasteiger partial charge is 0.350 e. The molecule has 4 nitrogen and oxygen atoms in total. The number of carbonyl (C=O) groups excluding carboxylic acids is 1. The number of nitrogens with one attached hydrogen (secondary N) is 1. The summed E-state index contributed by atoms with van der Waals surface area (Å²) in [6, 6.07) is -0.615. The minimum absolute atomic E-state index is 0.615. The molecule has 0 atom stereocenters. The molecule has 4 heteroatoms. The molecule has 0 saturated heterocycles. The number of hydrogen-bond acceptors (Lipinski definition) is 2. The maximum absolute atomic E-state index is 10.1. The highest BCUT2D eigenvalue weighted by atomic mass is 16.2. The van der Waals surface area contributed by atoms with Crippen LogP contribution in [-0.4, -0.2) is 11.7 Å². The van der Waals surface area contributed by atoms with Gasteiger partial charge in [-0.3, -0.25) is 0 Å². The van der Waals surface area contributed by atoms with Crippen molar-refractivity contribution < 1.29 is 4.79 Å². The summed E-state index contributed by atoms with van der Waals surface area (Å²) in [4.78, 5) is 10.1. The van der Waals surface area contributed by atoms with E-state index in [1.807, 2.05) is 13.8 Å². The molecule has 0 heterocycles. The van der Waals surface area contributed by atoms with E-state index in [4.69, 9.17) is 5.73 Å². The summed E-state index contributed by atoms with van der Waals surface area (Å²) in [5.41, 5.74) is 7.83. The molecule has 0 rings (SSSR count). The van der Waals surface area contributed by atoms with Crippen LogP contribution < -0.4 is 11.2 Å². The molecule has 0 aliphatic heterocycles. The predicted octanol–water partition coefficient (Wildman–Crippen LogP) is 0.831. The van der Waals surface area contributed by atoms with Gasteiger partial charge < -0.3 is 5.73 Å². The first-order chi connectivity index (χ1) is 4.66. The fourth-order valence-electron chi connectivity index (χ4n) is 0.568. The third kappa shape index (κ3) is 5.08. The minimum atomic E-state index is -0.615. The number of nitrogens with zero attached hydrogens (tertiary/aromatic N) is 1. The molecule has 0 unspecified atom stereocenters. The molecule has 0 radical (unpaired) electrons. The van der Waals surface area contributed by atoms with Gasteiger partial charge in [0.1, 0.15) is 0 Å². The van der Waals surface area contributed by atoms with Gasteiger partial charge in [-0.25, -0.2) is 10.2 Å². The monoisotopic (exact) mass is 143 g/mol. The lowest BCUT2D eigenvalue weighted by atomic mass is 10.2. The van der Waals surface area contributed by atoms with Crippen LogP contribution in [-0.2, 0) is 0 Å². The minimum Gasteiger partial charge on any atom is -0.350 e. The zero-order valence-electron chi connectivity index (χ0n) is 6.35. The highest BCUT2D eigenvalue weighted by molar-refractivity contribution is 5.83. The molecule has 0 spiro atoms. The lowest BCUT2D eigenvalue weighted by molar-refractivity contribution is 0.249. The van der Waals surface area contributed by atoms with Crippen molar-refractivity contribution in [2.45, 2.75) is 26.7 Å². The van der Waals surface area contributed by atoms with Crippen LogP contribution in [0.1, 0.15) is 26.7 Å². The van der Waals surface area contributed by atoms with Crippen LogP contribution in [0.25, 0.3) is 0 Å². The molecule has 0 aliphatic rings. The first kappa shape index (κ1) is 8.94. The zero-order valence-corrected chi connectivity index (χ0v) is 6.35. The zero-order chi connectivity index (χ0) is 7.98. The molecule has 0 aliphatic carbocycles. The Bertz CT molecular complexity index is 142. The number of urea groups is 1. The molecule has 0 aromatic heterocycles. The van der Waals surface area contributed by atoms with Crippen LogP contribution in [0.2, 0.25) is 0 Å². The number of amides is 2. The van der Waals surface area contributed by atoms with E-state index in [2.05, 4.69) is 10.5 Å². The lowest BCUT2D eigenvalue weighted by Crippen LogP contribution is -2.25. The lowest BCUT2D eigenvalue weighted by Gasteiger charge is -1.95. The van der Waals surface area contributed by atoms with Crippen molar-refractivity contribution >= 4 is 11.7 Å². The number of nitrogens with two attached hydrogens (primary N) is 1. The molecule has 0 bridgehead atoms. The molecule has 10 heavy (non-hydrogen) atoms. The molecular formula is C6H13N3O. The fraction of sp³-hybridized carbons (Fsp3) is 0.667. The molecule has 58 valence electrons. The maximum Gasteiger partial charge on any atom is 0.332 e. The van der Waals surface area contributed by atoms with Gasteiger partial charge in [0.15, 0.2) is 0 Å². The summed E-state index contributed by atoms with van der Waals surface area (Å²) in [5.74, 6) is 0. The molecule has 3 N–H and O–H groups in total. The van der Waals surface area contributed by atoms with Gasteiger partial charge >= 0.3 is 6.03 Å². The summed E-state index contributed by atoms with van der Waals surface area (Å²) in [7, 11) is 0. The standard InChI is InChI=1S/C6H13N3O/c1-3-4-5(2)8-9-6(7)10/h3-4H2,1-2H3,(H3,7,9,10)/b8-5+. The molecular weight excluding hydrogens is 130 g/mol. The van der Waals surface area contributed by atoms with Crippen molar-refractivity contribution in [3.05, 3.63) is 0 Å². The van der Waals surface area contributed by atoms with E-state index in [0.717, 1.165) is 18.6 Å². The Morgan fingerprint density at radius 2 is 2.30 bits per heavy atom. The smallest absolute Gasteiger partial charge is 0.332 e. The van der Waals surface area contributed by atoms with Gasteiger partial charge in [-0.1, -0.05) is 13.3 Å². The van der Waals surface area contributed by atoms with E-state index >= 15 is 0 Å². The van der Waals surface area contributed by atoms with E-state index in [1.165, 1.54) is 0 Å². The number of hydrogen-bond donors (Lipinski definition) is 2. The SMILES string of the molecule is CCC/C(C)=N/NC(N)=O. The Kier molecular flexibility index (Phi) is 4.28. The van der Waals surface area contributed by atoms with Gasteiger partial charge in [0.05, 0.1) is 0 Å². The Balaban J connectivity index is 3.57. The van der Waals surface area contributed by atoms with Crippen LogP contribution in [0.4, 0.5) is 4.79 Å². The summed E-state index contributed by atoms with van der Waals surface area (Å²) in [5, 5.41) is 3.71. The summed E-state index contributed by atoms with van der Waals surface area (Å²) >= 11 is 0. The van der Waals surface area contributed by atoms with Crippen LogP contribution in [0.3, 0.4) is 0 Å². The van der Waals surface area contributed by atoms with Crippen molar-refractivity contribution in [1.82, 2.24) is 5.43 Å².